The maximum atomic E-state index is 12.1. The number of nitrogens with zero attached hydrogens (tertiary/aromatic N) is 2. The largest absolute Gasteiger partial charge is 0.304 e. The van der Waals surface area contributed by atoms with Crippen molar-refractivity contribution in [3.05, 3.63) is 0 Å². The zero-order valence-corrected chi connectivity index (χ0v) is 13.2. The zero-order valence-electron chi connectivity index (χ0n) is 12.4. The normalized spacial score (nSPS) is 21.9. The van der Waals surface area contributed by atoms with Crippen LogP contribution < -0.4 is 5.32 Å². The highest BCUT2D eigenvalue weighted by Crippen LogP contribution is 2.17. The van der Waals surface area contributed by atoms with Crippen molar-refractivity contribution >= 4 is 21.8 Å². The Balaban J connectivity index is 2.55. The first-order valence-corrected chi connectivity index (χ1v) is 8.31. The van der Waals surface area contributed by atoms with Crippen molar-refractivity contribution in [2.24, 2.45) is 0 Å². The average Bonchev–Trinajstić information content (AvgIpc) is 2.63. The lowest BCUT2D eigenvalue weighted by Crippen LogP contribution is -2.44. The van der Waals surface area contributed by atoms with Crippen LogP contribution in [0.3, 0.4) is 0 Å². The third kappa shape index (κ3) is 3.77. The van der Waals surface area contributed by atoms with Gasteiger partial charge in [0.2, 0.25) is 21.8 Å². The molecule has 1 aliphatic heterocycles. The van der Waals surface area contributed by atoms with Crippen LogP contribution in [0.1, 0.15) is 26.7 Å². The molecule has 0 aromatic heterocycles. The fourth-order valence-electron chi connectivity index (χ4n) is 2.00. The predicted octanol–water partition coefficient (Wildman–Crippen LogP) is -0.607. The molecule has 0 radical (unpaired) electrons. The van der Waals surface area contributed by atoms with Crippen LogP contribution in [0, 0.1) is 0 Å². The van der Waals surface area contributed by atoms with E-state index < -0.39 is 16.1 Å². The molecular formula is C12H23N3O4S. The van der Waals surface area contributed by atoms with Crippen LogP contribution in [-0.4, -0.2) is 67.9 Å². The van der Waals surface area contributed by atoms with Gasteiger partial charge in [-0.25, -0.2) is 12.7 Å². The molecule has 0 aliphatic carbocycles. The van der Waals surface area contributed by atoms with E-state index in [-0.39, 0.29) is 36.6 Å². The standard InChI is InChI=1S/C12H23N3O4S/c1-5-9(2)15-11(16)8-10(12(15)17)13-6-7-20(18,19)14(3)4/h9-10,13H,5-8H2,1-4H3. The van der Waals surface area contributed by atoms with Gasteiger partial charge in [0.05, 0.1) is 18.2 Å². The van der Waals surface area contributed by atoms with Gasteiger partial charge in [-0.2, -0.15) is 0 Å². The molecule has 1 rings (SSSR count). The van der Waals surface area contributed by atoms with Crippen molar-refractivity contribution in [1.29, 1.82) is 0 Å². The first kappa shape index (κ1) is 17.1. The van der Waals surface area contributed by atoms with Crippen LogP contribution >= 0.6 is 0 Å². The number of sulfonamides is 1. The number of imide groups is 1. The fourth-order valence-corrected chi connectivity index (χ4v) is 2.74. The van der Waals surface area contributed by atoms with E-state index in [1.165, 1.54) is 19.0 Å². The van der Waals surface area contributed by atoms with E-state index in [1.54, 1.807) is 0 Å². The summed E-state index contributed by atoms with van der Waals surface area (Å²) >= 11 is 0. The second kappa shape index (κ2) is 6.64. The van der Waals surface area contributed by atoms with E-state index >= 15 is 0 Å². The number of nitrogens with one attached hydrogen (secondary N) is 1. The number of likely N-dealkylation sites (tertiary alicyclic amines) is 1. The molecule has 1 heterocycles. The van der Waals surface area contributed by atoms with Gasteiger partial charge in [-0.3, -0.25) is 14.5 Å². The summed E-state index contributed by atoms with van der Waals surface area (Å²) in [6.07, 6.45) is 0.810. The smallest absolute Gasteiger partial charge is 0.247 e. The molecule has 0 bridgehead atoms. The Kier molecular flexibility index (Phi) is 5.67. The topological polar surface area (TPSA) is 86.8 Å². The highest BCUT2D eigenvalue weighted by molar-refractivity contribution is 7.89. The molecule has 0 saturated carbocycles. The van der Waals surface area contributed by atoms with Crippen LogP contribution in [0.4, 0.5) is 0 Å². The number of carbonyl (C=O) groups excluding carboxylic acids is 2. The van der Waals surface area contributed by atoms with Gasteiger partial charge in [0, 0.05) is 26.7 Å². The molecule has 7 nitrogen and oxygen atoms in total. The van der Waals surface area contributed by atoms with Gasteiger partial charge in [-0.15, -0.1) is 0 Å². The van der Waals surface area contributed by atoms with Gasteiger partial charge in [-0.05, 0) is 13.3 Å². The summed E-state index contributed by atoms with van der Waals surface area (Å²) in [5.74, 6) is -0.551. The minimum atomic E-state index is -3.29. The maximum Gasteiger partial charge on any atom is 0.247 e. The van der Waals surface area contributed by atoms with E-state index in [9.17, 15) is 18.0 Å². The van der Waals surface area contributed by atoms with Crippen LogP contribution in [0.15, 0.2) is 0 Å². The Labute approximate surface area is 120 Å². The number of amides is 2. The van der Waals surface area contributed by atoms with E-state index in [0.717, 1.165) is 4.31 Å². The molecule has 2 unspecified atom stereocenters. The second-order valence-corrected chi connectivity index (χ2v) is 7.47. The molecule has 1 saturated heterocycles. The van der Waals surface area contributed by atoms with Crippen molar-refractivity contribution in [3.8, 4) is 0 Å². The van der Waals surface area contributed by atoms with Crippen LogP contribution in [-0.2, 0) is 19.6 Å². The molecule has 2 amide bonds. The van der Waals surface area contributed by atoms with Gasteiger partial charge in [-0.1, -0.05) is 6.92 Å². The summed E-state index contributed by atoms with van der Waals surface area (Å²) < 4.78 is 24.3. The van der Waals surface area contributed by atoms with Crippen molar-refractivity contribution in [2.45, 2.75) is 38.8 Å². The highest BCUT2D eigenvalue weighted by Gasteiger charge is 2.40. The zero-order chi connectivity index (χ0) is 15.5. The monoisotopic (exact) mass is 305 g/mol. The Morgan fingerprint density at radius 3 is 2.50 bits per heavy atom. The van der Waals surface area contributed by atoms with Gasteiger partial charge >= 0.3 is 0 Å². The maximum absolute atomic E-state index is 12.1. The quantitative estimate of drug-likeness (QED) is 0.634. The second-order valence-electron chi connectivity index (χ2n) is 5.17. The third-order valence-electron chi connectivity index (χ3n) is 3.52. The first-order valence-electron chi connectivity index (χ1n) is 6.70. The SMILES string of the molecule is CCC(C)N1C(=O)CC(NCCS(=O)(=O)N(C)C)C1=O. The number of carbonyl (C=O) groups is 2. The molecule has 8 heteroatoms. The molecule has 2 atom stereocenters. The molecule has 116 valence electrons. The lowest BCUT2D eigenvalue weighted by molar-refractivity contribution is -0.141. The van der Waals surface area contributed by atoms with Crippen molar-refractivity contribution in [2.75, 3.05) is 26.4 Å². The number of hydrogen-bond donors (Lipinski definition) is 1. The Morgan fingerprint density at radius 1 is 1.40 bits per heavy atom. The van der Waals surface area contributed by atoms with Crippen LogP contribution in [0.2, 0.25) is 0 Å². The van der Waals surface area contributed by atoms with Crippen LogP contribution in [0.5, 0.6) is 0 Å². The summed E-state index contributed by atoms with van der Waals surface area (Å²) in [5.41, 5.74) is 0. The van der Waals surface area contributed by atoms with Crippen LogP contribution in [0.25, 0.3) is 0 Å². The Bertz CT molecular complexity index is 475. The molecular weight excluding hydrogens is 282 g/mol. The summed E-state index contributed by atoms with van der Waals surface area (Å²) in [7, 11) is -0.369. The number of rotatable bonds is 7. The lowest BCUT2D eigenvalue weighted by Gasteiger charge is -2.21. The molecule has 20 heavy (non-hydrogen) atoms. The minimum Gasteiger partial charge on any atom is -0.304 e. The minimum absolute atomic E-state index is 0.0959. The fraction of sp³-hybridized carbons (Fsp3) is 0.833. The molecule has 0 aromatic rings. The summed E-state index contributed by atoms with van der Waals surface area (Å²) in [6.45, 7) is 3.89. The van der Waals surface area contributed by atoms with E-state index in [1.807, 2.05) is 13.8 Å². The van der Waals surface area contributed by atoms with Crippen molar-refractivity contribution in [3.63, 3.8) is 0 Å². The lowest BCUT2D eigenvalue weighted by atomic mass is 10.2. The first-order chi connectivity index (χ1) is 9.20. The number of hydrogen-bond acceptors (Lipinski definition) is 5. The van der Waals surface area contributed by atoms with E-state index in [2.05, 4.69) is 5.32 Å². The van der Waals surface area contributed by atoms with E-state index in [0.29, 0.717) is 6.42 Å². The Hall–Kier alpha value is -0.990. The highest BCUT2D eigenvalue weighted by atomic mass is 32.2. The molecule has 0 aromatic carbocycles. The van der Waals surface area contributed by atoms with Gasteiger partial charge in [0.25, 0.3) is 0 Å². The van der Waals surface area contributed by atoms with Crippen molar-refractivity contribution < 1.29 is 18.0 Å². The summed E-state index contributed by atoms with van der Waals surface area (Å²) in [6, 6.07) is -0.721. The Morgan fingerprint density at radius 2 is 2.00 bits per heavy atom. The molecule has 1 aliphatic rings. The van der Waals surface area contributed by atoms with Gasteiger partial charge in [0.15, 0.2) is 0 Å². The van der Waals surface area contributed by atoms with Crippen molar-refractivity contribution in [1.82, 2.24) is 14.5 Å². The van der Waals surface area contributed by atoms with E-state index in [4.69, 9.17) is 0 Å². The third-order valence-corrected chi connectivity index (χ3v) is 5.35. The molecule has 1 fully saturated rings. The molecule has 1 N–H and O–H groups in total. The van der Waals surface area contributed by atoms with Gasteiger partial charge < -0.3 is 5.32 Å². The molecule has 0 spiro atoms. The summed E-state index contributed by atoms with van der Waals surface area (Å²) in [4.78, 5) is 25.2. The average molecular weight is 305 g/mol. The van der Waals surface area contributed by atoms with Gasteiger partial charge in [0.1, 0.15) is 0 Å². The summed E-state index contributed by atoms with van der Waals surface area (Å²) in [5, 5.41) is 2.86. The predicted molar refractivity (Wildman–Crippen MR) is 75.5 cm³/mol.